The summed E-state index contributed by atoms with van der Waals surface area (Å²) in [6.45, 7) is 2.04. The fraction of sp³-hybridized carbons (Fsp3) is 0.267. The third-order valence-corrected chi connectivity index (χ3v) is 8.20. The van der Waals surface area contributed by atoms with Gasteiger partial charge in [0.1, 0.15) is 11.0 Å². The van der Waals surface area contributed by atoms with E-state index in [-0.39, 0.29) is 31.2 Å². The topological polar surface area (TPSA) is 89.0 Å². The summed E-state index contributed by atoms with van der Waals surface area (Å²) in [6, 6.07) is 19.2. The molecule has 1 unspecified atom stereocenters. The maximum Gasteiger partial charge on any atom is 0.257 e. The van der Waals surface area contributed by atoms with Gasteiger partial charge in [-0.1, -0.05) is 29.8 Å². The van der Waals surface area contributed by atoms with E-state index in [0.29, 0.717) is 10.7 Å². The number of nitrogens with zero attached hydrogens (tertiary/aromatic N) is 3. The van der Waals surface area contributed by atoms with Crippen LogP contribution in [0, 0.1) is 6.92 Å². The molecular formula is C30H28ClN3O5S. The van der Waals surface area contributed by atoms with Crippen LogP contribution in [0.2, 0.25) is 5.02 Å². The number of carbonyl (C=O) groups excluding carboxylic acids is 3. The van der Waals surface area contributed by atoms with Crippen LogP contribution in [0.15, 0.2) is 66.7 Å². The first-order valence-electron chi connectivity index (χ1n) is 12.7. The van der Waals surface area contributed by atoms with Gasteiger partial charge in [0.05, 0.1) is 35.3 Å². The van der Waals surface area contributed by atoms with Gasteiger partial charge in [0.25, 0.3) is 5.91 Å². The second-order valence-corrected chi connectivity index (χ2v) is 11.0. The molecule has 1 saturated heterocycles. The molecule has 0 saturated carbocycles. The average molecular weight is 578 g/mol. The van der Waals surface area contributed by atoms with Crippen molar-refractivity contribution in [3.05, 3.63) is 82.9 Å². The molecule has 1 atom stereocenters. The molecule has 10 heteroatoms. The van der Waals surface area contributed by atoms with Crippen LogP contribution in [0.4, 0.5) is 5.69 Å². The first-order valence-corrected chi connectivity index (χ1v) is 13.9. The van der Waals surface area contributed by atoms with E-state index in [1.54, 1.807) is 47.7 Å². The molecular weight excluding hydrogens is 550 g/mol. The number of aryl methyl sites for hydroxylation is 1. The molecule has 1 aliphatic heterocycles. The molecule has 0 spiro atoms. The van der Waals surface area contributed by atoms with Crippen molar-refractivity contribution in [1.82, 2.24) is 9.88 Å². The van der Waals surface area contributed by atoms with Gasteiger partial charge < -0.3 is 14.4 Å². The molecule has 2 heterocycles. The van der Waals surface area contributed by atoms with Crippen molar-refractivity contribution in [3.8, 4) is 10.6 Å². The highest BCUT2D eigenvalue weighted by Gasteiger charge is 2.45. The maximum absolute atomic E-state index is 13.6. The third kappa shape index (κ3) is 5.78. The predicted molar refractivity (Wildman–Crippen MR) is 155 cm³/mol. The van der Waals surface area contributed by atoms with E-state index in [9.17, 15) is 14.4 Å². The van der Waals surface area contributed by atoms with Crippen LogP contribution in [-0.4, -0.2) is 60.7 Å². The van der Waals surface area contributed by atoms with E-state index in [1.165, 1.54) is 24.7 Å². The smallest absolute Gasteiger partial charge is 0.257 e. The van der Waals surface area contributed by atoms with Crippen molar-refractivity contribution in [1.29, 1.82) is 0 Å². The van der Waals surface area contributed by atoms with Gasteiger partial charge in [0, 0.05) is 24.8 Å². The van der Waals surface area contributed by atoms with Crippen molar-refractivity contribution in [2.24, 2.45) is 0 Å². The Balaban J connectivity index is 1.38. The molecule has 0 aliphatic carbocycles. The minimum atomic E-state index is -0.979. The number of carbonyl (C=O) groups is 3. The Bertz CT molecular complexity index is 1550. The highest BCUT2D eigenvalue weighted by Crippen LogP contribution is 2.33. The third-order valence-electron chi connectivity index (χ3n) is 6.88. The number of ether oxygens (including phenoxy) is 2. The first-order chi connectivity index (χ1) is 19.3. The van der Waals surface area contributed by atoms with Gasteiger partial charge in [-0.15, -0.1) is 11.3 Å². The zero-order valence-corrected chi connectivity index (χ0v) is 23.9. The summed E-state index contributed by atoms with van der Waals surface area (Å²) >= 11 is 7.57. The van der Waals surface area contributed by atoms with Crippen molar-refractivity contribution in [2.75, 3.05) is 25.7 Å². The van der Waals surface area contributed by atoms with E-state index < -0.39 is 18.2 Å². The molecule has 206 valence electrons. The molecule has 3 amide bonds. The van der Waals surface area contributed by atoms with Gasteiger partial charge in [0.2, 0.25) is 11.8 Å². The van der Waals surface area contributed by atoms with Crippen LogP contribution in [0.5, 0.6) is 0 Å². The summed E-state index contributed by atoms with van der Waals surface area (Å²) in [5.41, 5.74) is 4.16. The normalized spacial score (nSPS) is 15.4. The number of anilines is 1. The number of fused-ring (bicyclic) bond motifs is 1. The molecule has 0 N–H and O–H groups in total. The fourth-order valence-electron chi connectivity index (χ4n) is 4.73. The number of hydrogen-bond donors (Lipinski definition) is 0. The predicted octanol–water partition coefficient (Wildman–Crippen LogP) is 5.25. The Hall–Kier alpha value is -3.63. The van der Waals surface area contributed by atoms with Gasteiger partial charge in [0.15, 0.2) is 6.29 Å². The van der Waals surface area contributed by atoms with Crippen molar-refractivity contribution >= 4 is 56.6 Å². The van der Waals surface area contributed by atoms with E-state index in [1.807, 2.05) is 31.2 Å². The Morgan fingerprint density at radius 2 is 1.77 bits per heavy atom. The van der Waals surface area contributed by atoms with E-state index in [4.69, 9.17) is 26.1 Å². The zero-order chi connectivity index (χ0) is 28.4. The average Bonchev–Trinajstić information content (AvgIpc) is 3.50. The number of methoxy groups -OCH3 is 2. The molecule has 40 heavy (non-hydrogen) atoms. The molecule has 1 aliphatic rings. The second kappa shape index (κ2) is 11.9. The molecule has 5 rings (SSSR count). The molecule has 3 aromatic carbocycles. The number of hydrogen-bond acceptors (Lipinski definition) is 7. The SMILES string of the molecule is COC(CN(C(=O)Cc1ccc(Cl)cc1)C1CC(=O)N(c2ccc(-c3nc4ccc(C)cc4s3)cc2)C1=O)OC. The lowest BCUT2D eigenvalue weighted by Gasteiger charge is -2.30. The number of rotatable bonds is 9. The summed E-state index contributed by atoms with van der Waals surface area (Å²) < 4.78 is 11.7. The van der Waals surface area contributed by atoms with Crippen molar-refractivity contribution in [3.63, 3.8) is 0 Å². The monoisotopic (exact) mass is 577 g/mol. The number of benzene rings is 3. The lowest BCUT2D eigenvalue weighted by atomic mass is 10.1. The summed E-state index contributed by atoms with van der Waals surface area (Å²) in [5, 5.41) is 1.41. The quantitative estimate of drug-likeness (QED) is 0.199. The van der Waals surface area contributed by atoms with Crippen LogP contribution >= 0.6 is 22.9 Å². The van der Waals surface area contributed by atoms with Gasteiger partial charge in [-0.25, -0.2) is 9.88 Å². The molecule has 8 nitrogen and oxygen atoms in total. The number of imide groups is 1. The van der Waals surface area contributed by atoms with E-state index >= 15 is 0 Å². The lowest BCUT2D eigenvalue weighted by molar-refractivity contribution is -0.152. The van der Waals surface area contributed by atoms with Gasteiger partial charge in [-0.2, -0.15) is 0 Å². The van der Waals surface area contributed by atoms with E-state index in [2.05, 4.69) is 6.07 Å². The molecule has 0 radical (unpaired) electrons. The van der Waals surface area contributed by atoms with Crippen LogP contribution in [0.25, 0.3) is 20.8 Å². The van der Waals surface area contributed by atoms with Gasteiger partial charge >= 0.3 is 0 Å². The van der Waals surface area contributed by atoms with Gasteiger partial charge in [-0.05, 0) is 66.6 Å². The summed E-state index contributed by atoms with van der Waals surface area (Å²) in [5.74, 6) is -1.17. The minimum absolute atomic E-state index is 0.00698. The Morgan fingerprint density at radius 1 is 1.07 bits per heavy atom. The molecule has 4 aromatic rings. The highest BCUT2D eigenvalue weighted by molar-refractivity contribution is 7.21. The fourth-order valence-corrected chi connectivity index (χ4v) is 5.92. The minimum Gasteiger partial charge on any atom is -0.354 e. The van der Waals surface area contributed by atoms with Crippen molar-refractivity contribution < 1.29 is 23.9 Å². The number of amides is 3. The Labute approximate surface area is 241 Å². The van der Waals surface area contributed by atoms with Crippen LogP contribution < -0.4 is 4.90 Å². The van der Waals surface area contributed by atoms with Crippen LogP contribution in [0.1, 0.15) is 17.5 Å². The van der Waals surface area contributed by atoms with E-state index in [0.717, 1.165) is 31.3 Å². The standard InChI is InChI=1S/C30H28ClN3O5S/c1-18-4-13-23-25(14-18)40-29(32-23)20-7-11-22(12-8-20)34-27(36)16-24(30(34)37)33(17-28(38-2)39-3)26(35)15-19-5-9-21(31)10-6-19/h4-14,24,28H,15-17H2,1-3H3. The molecule has 1 fully saturated rings. The Morgan fingerprint density at radius 3 is 2.45 bits per heavy atom. The first kappa shape index (κ1) is 27.9. The second-order valence-electron chi connectivity index (χ2n) is 9.57. The van der Waals surface area contributed by atoms with Gasteiger partial charge in [-0.3, -0.25) is 14.4 Å². The number of halogens is 1. The highest BCUT2D eigenvalue weighted by atomic mass is 35.5. The largest absolute Gasteiger partial charge is 0.354 e. The maximum atomic E-state index is 13.6. The lowest BCUT2D eigenvalue weighted by Crippen LogP contribution is -2.49. The molecule has 1 aromatic heterocycles. The summed E-state index contributed by atoms with van der Waals surface area (Å²) in [4.78, 5) is 47.4. The number of aromatic nitrogens is 1. The van der Waals surface area contributed by atoms with Crippen LogP contribution in [0.3, 0.4) is 0 Å². The summed E-state index contributed by atoms with van der Waals surface area (Å²) in [6.07, 6.45) is -0.862. The summed E-state index contributed by atoms with van der Waals surface area (Å²) in [7, 11) is 2.91. The molecule has 0 bridgehead atoms. The zero-order valence-electron chi connectivity index (χ0n) is 22.3. The number of thiazole rings is 1. The van der Waals surface area contributed by atoms with Crippen molar-refractivity contribution in [2.45, 2.75) is 32.1 Å². The van der Waals surface area contributed by atoms with Crippen LogP contribution in [-0.2, 0) is 30.3 Å². The Kier molecular flexibility index (Phi) is 8.27.